The standard InChI is InChI=1S/C9H11BrN2OS/c10-7-1-2-14-8(7)5-12-9(13)6-3-11-4-6/h1-2,6,11H,3-5H2,(H,12,13). The lowest BCUT2D eigenvalue weighted by molar-refractivity contribution is -0.126. The Balaban J connectivity index is 1.82. The zero-order valence-corrected chi connectivity index (χ0v) is 9.95. The summed E-state index contributed by atoms with van der Waals surface area (Å²) in [5.74, 6) is 0.331. The van der Waals surface area contributed by atoms with Crippen LogP contribution in [-0.4, -0.2) is 19.0 Å². The molecule has 76 valence electrons. The van der Waals surface area contributed by atoms with Crippen LogP contribution in [0.4, 0.5) is 0 Å². The monoisotopic (exact) mass is 274 g/mol. The quantitative estimate of drug-likeness (QED) is 0.874. The second-order valence-electron chi connectivity index (χ2n) is 3.26. The molecular formula is C9H11BrN2OS. The summed E-state index contributed by atoms with van der Waals surface area (Å²) in [5, 5.41) is 8.02. The highest BCUT2D eigenvalue weighted by atomic mass is 79.9. The van der Waals surface area contributed by atoms with Crippen molar-refractivity contribution in [1.29, 1.82) is 0 Å². The van der Waals surface area contributed by atoms with E-state index < -0.39 is 0 Å². The molecule has 14 heavy (non-hydrogen) atoms. The number of halogens is 1. The van der Waals surface area contributed by atoms with Crippen molar-refractivity contribution in [1.82, 2.24) is 10.6 Å². The van der Waals surface area contributed by atoms with Gasteiger partial charge >= 0.3 is 0 Å². The van der Waals surface area contributed by atoms with Gasteiger partial charge in [-0.05, 0) is 27.4 Å². The molecule has 0 aliphatic carbocycles. The molecular weight excluding hydrogens is 264 g/mol. The Morgan fingerprint density at radius 1 is 1.71 bits per heavy atom. The van der Waals surface area contributed by atoms with Crippen molar-refractivity contribution in [3.63, 3.8) is 0 Å². The summed E-state index contributed by atoms with van der Waals surface area (Å²) >= 11 is 5.08. The van der Waals surface area contributed by atoms with Crippen molar-refractivity contribution in [2.75, 3.05) is 13.1 Å². The molecule has 1 saturated heterocycles. The van der Waals surface area contributed by atoms with Crippen LogP contribution in [0.25, 0.3) is 0 Å². The Labute approximate surface area is 95.0 Å². The lowest BCUT2D eigenvalue weighted by atomic mass is 10.0. The summed E-state index contributed by atoms with van der Waals surface area (Å²) in [6.07, 6.45) is 0. The molecule has 1 aliphatic heterocycles. The molecule has 0 saturated carbocycles. The summed E-state index contributed by atoms with van der Waals surface area (Å²) in [5.41, 5.74) is 0. The first-order valence-corrected chi connectivity index (χ1v) is 6.15. The molecule has 1 aromatic rings. The molecule has 5 heteroatoms. The van der Waals surface area contributed by atoms with E-state index in [1.165, 1.54) is 4.88 Å². The molecule has 3 nitrogen and oxygen atoms in total. The number of hydrogen-bond acceptors (Lipinski definition) is 3. The van der Waals surface area contributed by atoms with E-state index in [1.807, 2.05) is 11.4 Å². The van der Waals surface area contributed by atoms with E-state index in [2.05, 4.69) is 26.6 Å². The van der Waals surface area contributed by atoms with Crippen LogP contribution in [0.3, 0.4) is 0 Å². The third-order valence-electron chi connectivity index (χ3n) is 2.27. The average Bonchev–Trinajstić information content (AvgIpc) is 2.44. The zero-order valence-electron chi connectivity index (χ0n) is 7.55. The molecule has 0 spiro atoms. The van der Waals surface area contributed by atoms with Gasteiger partial charge in [0.1, 0.15) is 0 Å². The molecule has 0 atom stereocenters. The van der Waals surface area contributed by atoms with Crippen molar-refractivity contribution < 1.29 is 4.79 Å². The highest BCUT2D eigenvalue weighted by molar-refractivity contribution is 9.10. The van der Waals surface area contributed by atoms with Crippen LogP contribution in [0.15, 0.2) is 15.9 Å². The lowest BCUT2D eigenvalue weighted by Gasteiger charge is -2.25. The predicted molar refractivity (Wildman–Crippen MR) is 60.2 cm³/mol. The first kappa shape index (κ1) is 10.1. The number of nitrogens with one attached hydrogen (secondary N) is 2. The number of amides is 1. The molecule has 2 rings (SSSR count). The largest absolute Gasteiger partial charge is 0.351 e. The van der Waals surface area contributed by atoms with Gasteiger partial charge in [-0.15, -0.1) is 11.3 Å². The highest BCUT2D eigenvalue weighted by Gasteiger charge is 2.24. The van der Waals surface area contributed by atoms with E-state index in [1.54, 1.807) is 11.3 Å². The van der Waals surface area contributed by atoms with Crippen molar-refractivity contribution in [3.8, 4) is 0 Å². The minimum atomic E-state index is 0.157. The van der Waals surface area contributed by atoms with Crippen molar-refractivity contribution in [2.24, 2.45) is 5.92 Å². The maximum atomic E-state index is 11.5. The predicted octanol–water partition coefficient (Wildman–Crippen LogP) is 1.35. The first-order chi connectivity index (χ1) is 6.77. The van der Waals surface area contributed by atoms with Gasteiger partial charge in [0.25, 0.3) is 0 Å². The van der Waals surface area contributed by atoms with Gasteiger partial charge in [0.15, 0.2) is 0 Å². The number of carbonyl (C=O) groups is 1. The molecule has 1 amide bonds. The third kappa shape index (κ3) is 2.16. The van der Waals surface area contributed by atoms with Crippen molar-refractivity contribution in [3.05, 3.63) is 20.8 Å². The molecule has 0 aromatic carbocycles. The van der Waals surface area contributed by atoms with E-state index in [-0.39, 0.29) is 11.8 Å². The van der Waals surface area contributed by atoms with Gasteiger partial charge in [0, 0.05) is 22.4 Å². The van der Waals surface area contributed by atoms with Crippen LogP contribution in [-0.2, 0) is 11.3 Å². The Bertz CT molecular complexity index is 335. The molecule has 0 bridgehead atoms. The number of thiophene rings is 1. The Kier molecular flexibility index (Phi) is 3.20. The van der Waals surface area contributed by atoms with Gasteiger partial charge in [-0.1, -0.05) is 0 Å². The SMILES string of the molecule is O=C(NCc1sccc1Br)C1CNC1. The van der Waals surface area contributed by atoms with E-state index in [0.29, 0.717) is 6.54 Å². The molecule has 0 radical (unpaired) electrons. The fourth-order valence-electron chi connectivity index (χ4n) is 1.24. The van der Waals surface area contributed by atoms with Crippen LogP contribution in [0.5, 0.6) is 0 Å². The van der Waals surface area contributed by atoms with Crippen LogP contribution in [0.2, 0.25) is 0 Å². The Morgan fingerprint density at radius 3 is 3.00 bits per heavy atom. The molecule has 1 fully saturated rings. The van der Waals surface area contributed by atoms with Crippen LogP contribution in [0.1, 0.15) is 4.88 Å². The fraction of sp³-hybridized carbons (Fsp3) is 0.444. The topological polar surface area (TPSA) is 41.1 Å². The third-order valence-corrected chi connectivity index (χ3v) is 4.19. The number of carbonyl (C=O) groups excluding carboxylic acids is 1. The smallest absolute Gasteiger partial charge is 0.225 e. The van der Waals surface area contributed by atoms with Gasteiger partial charge in [-0.2, -0.15) is 0 Å². The van der Waals surface area contributed by atoms with Gasteiger partial charge < -0.3 is 10.6 Å². The number of hydrogen-bond donors (Lipinski definition) is 2. The number of rotatable bonds is 3. The summed E-state index contributed by atoms with van der Waals surface area (Å²) in [6.45, 7) is 2.27. The van der Waals surface area contributed by atoms with Crippen LogP contribution in [0, 0.1) is 5.92 Å². The van der Waals surface area contributed by atoms with Gasteiger partial charge in [0.05, 0.1) is 12.5 Å². The molecule has 2 heterocycles. The molecule has 0 unspecified atom stereocenters. The summed E-state index contributed by atoms with van der Waals surface area (Å²) < 4.78 is 1.08. The second kappa shape index (κ2) is 4.42. The summed E-state index contributed by atoms with van der Waals surface area (Å²) in [7, 11) is 0. The lowest BCUT2D eigenvalue weighted by Crippen LogP contribution is -2.50. The van der Waals surface area contributed by atoms with E-state index in [0.717, 1.165) is 17.6 Å². The highest BCUT2D eigenvalue weighted by Crippen LogP contribution is 2.22. The normalized spacial score (nSPS) is 16.4. The maximum Gasteiger partial charge on any atom is 0.225 e. The Morgan fingerprint density at radius 2 is 2.50 bits per heavy atom. The summed E-state index contributed by atoms with van der Waals surface area (Å²) in [4.78, 5) is 12.6. The van der Waals surface area contributed by atoms with E-state index in [4.69, 9.17) is 0 Å². The minimum Gasteiger partial charge on any atom is -0.351 e. The fourth-order valence-corrected chi connectivity index (χ4v) is 2.67. The van der Waals surface area contributed by atoms with Crippen LogP contribution >= 0.6 is 27.3 Å². The maximum absolute atomic E-state index is 11.5. The van der Waals surface area contributed by atoms with E-state index in [9.17, 15) is 4.79 Å². The molecule has 2 N–H and O–H groups in total. The molecule has 1 aromatic heterocycles. The minimum absolute atomic E-state index is 0.157. The molecule has 1 aliphatic rings. The zero-order chi connectivity index (χ0) is 9.97. The van der Waals surface area contributed by atoms with Crippen molar-refractivity contribution >= 4 is 33.2 Å². The van der Waals surface area contributed by atoms with Gasteiger partial charge in [0.2, 0.25) is 5.91 Å². The first-order valence-electron chi connectivity index (χ1n) is 4.47. The van der Waals surface area contributed by atoms with E-state index >= 15 is 0 Å². The average molecular weight is 275 g/mol. The van der Waals surface area contributed by atoms with Crippen molar-refractivity contribution in [2.45, 2.75) is 6.54 Å². The second-order valence-corrected chi connectivity index (χ2v) is 5.12. The van der Waals surface area contributed by atoms with Gasteiger partial charge in [-0.3, -0.25) is 4.79 Å². The van der Waals surface area contributed by atoms with Gasteiger partial charge in [-0.25, -0.2) is 0 Å². The Hall–Kier alpha value is -0.390. The van der Waals surface area contributed by atoms with Crippen LogP contribution < -0.4 is 10.6 Å². The summed E-state index contributed by atoms with van der Waals surface area (Å²) in [6, 6.07) is 2.00.